The van der Waals surface area contributed by atoms with E-state index >= 15 is 0 Å². The van der Waals surface area contributed by atoms with Gasteiger partial charge in [-0.25, -0.2) is 0 Å². The van der Waals surface area contributed by atoms with Gasteiger partial charge in [0.15, 0.2) is 0 Å². The fourth-order valence-corrected chi connectivity index (χ4v) is 6.09. The van der Waals surface area contributed by atoms with Gasteiger partial charge in [0.05, 0.1) is 47.8 Å². The first-order valence-corrected chi connectivity index (χ1v) is 10.7. The van der Waals surface area contributed by atoms with E-state index in [9.17, 15) is 22.8 Å². The third kappa shape index (κ3) is 2.99. The lowest BCUT2D eigenvalue weighted by molar-refractivity contribution is -0.138. The number of carbonyl (C=O) groups is 2. The first-order chi connectivity index (χ1) is 16.1. The van der Waals surface area contributed by atoms with E-state index in [1.54, 1.807) is 13.0 Å². The molecule has 7 nitrogen and oxygen atoms in total. The van der Waals surface area contributed by atoms with Crippen LogP contribution in [0.3, 0.4) is 0 Å². The molecule has 0 saturated carbocycles. The quantitative estimate of drug-likeness (QED) is 0.541. The van der Waals surface area contributed by atoms with E-state index in [2.05, 4.69) is 11.2 Å². The van der Waals surface area contributed by atoms with Crippen LogP contribution in [0.25, 0.3) is 0 Å². The van der Waals surface area contributed by atoms with E-state index in [0.29, 0.717) is 12.8 Å². The van der Waals surface area contributed by atoms with Crippen LogP contribution in [0.2, 0.25) is 0 Å². The fraction of sp³-hybridized carbons (Fsp3) is 0.458. The van der Waals surface area contributed by atoms with Crippen molar-refractivity contribution >= 4 is 17.5 Å². The van der Waals surface area contributed by atoms with E-state index < -0.39 is 52.5 Å². The maximum atomic E-state index is 13.6. The standard InChI is InChI=1S/C24H20F3N3O4/c1-3-7-29-17(31)9-14-11-22(2)18-19-21(33-8-6-23(14,19)34-22)30(20(18)32)15-5-4-13(12-28)16(10-15)24(25,26)27/h1,4-5,9-10,18-19,21H,6-8,11H2,2H3,(H,29,31)/t18-,19+,21+,22-,23+/m1/s1. The van der Waals surface area contributed by atoms with Crippen molar-refractivity contribution in [3.8, 4) is 18.4 Å². The number of hydrogen-bond acceptors (Lipinski definition) is 5. The summed E-state index contributed by atoms with van der Waals surface area (Å²) in [5.41, 5.74) is -2.76. The summed E-state index contributed by atoms with van der Waals surface area (Å²) in [5, 5.41) is 11.7. The molecule has 4 aliphatic heterocycles. The predicted molar refractivity (Wildman–Crippen MR) is 112 cm³/mol. The molecule has 4 heterocycles. The second-order valence-corrected chi connectivity index (χ2v) is 9.13. The number of alkyl halides is 3. The van der Waals surface area contributed by atoms with Crippen molar-refractivity contribution in [1.82, 2.24) is 5.32 Å². The highest BCUT2D eigenvalue weighted by atomic mass is 19.4. The Bertz CT molecular complexity index is 1210. The lowest BCUT2D eigenvalue weighted by atomic mass is 9.63. The Morgan fingerprint density at radius 3 is 2.88 bits per heavy atom. The molecule has 4 saturated heterocycles. The molecular weight excluding hydrogens is 451 g/mol. The number of anilines is 1. The number of rotatable bonds is 3. The molecule has 176 valence electrons. The first kappa shape index (κ1) is 22.5. The van der Waals surface area contributed by atoms with Crippen LogP contribution >= 0.6 is 0 Å². The Hall–Kier alpha value is -3.34. The van der Waals surface area contributed by atoms with E-state index in [-0.39, 0.29) is 24.7 Å². The summed E-state index contributed by atoms with van der Waals surface area (Å²) in [6.45, 7) is 2.05. The van der Waals surface area contributed by atoms with Gasteiger partial charge in [-0.2, -0.15) is 18.4 Å². The van der Waals surface area contributed by atoms with Gasteiger partial charge in [0.1, 0.15) is 11.8 Å². The minimum atomic E-state index is -4.76. The number of amides is 2. The van der Waals surface area contributed by atoms with E-state index in [4.69, 9.17) is 21.2 Å². The van der Waals surface area contributed by atoms with Gasteiger partial charge in [0, 0.05) is 24.6 Å². The molecule has 2 bridgehead atoms. The van der Waals surface area contributed by atoms with Crippen LogP contribution in [0, 0.1) is 35.5 Å². The Kier molecular flexibility index (Phi) is 4.84. The van der Waals surface area contributed by atoms with Crippen molar-refractivity contribution in [2.45, 2.75) is 43.4 Å². The highest BCUT2D eigenvalue weighted by molar-refractivity contribution is 6.00. The molecule has 5 rings (SSSR count). The molecule has 1 spiro atoms. The van der Waals surface area contributed by atoms with Gasteiger partial charge in [-0.15, -0.1) is 6.42 Å². The van der Waals surface area contributed by atoms with Crippen molar-refractivity contribution in [3.63, 3.8) is 0 Å². The molecule has 4 aliphatic rings. The number of benzene rings is 1. The molecular formula is C24H20F3N3O4. The smallest absolute Gasteiger partial charge is 0.363 e. The van der Waals surface area contributed by atoms with Gasteiger partial charge in [-0.3, -0.25) is 14.5 Å². The molecule has 1 aromatic carbocycles. The zero-order chi connectivity index (χ0) is 24.5. The van der Waals surface area contributed by atoms with Crippen LogP contribution in [-0.4, -0.2) is 42.4 Å². The number of halogens is 3. The molecule has 0 unspecified atom stereocenters. The monoisotopic (exact) mass is 471 g/mol. The van der Waals surface area contributed by atoms with Crippen LogP contribution < -0.4 is 10.2 Å². The number of carbonyl (C=O) groups excluding carboxylic acids is 2. The topological polar surface area (TPSA) is 91.7 Å². The summed E-state index contributed by atoms with van der Waals surface area (Å²) in [5.74, 6) is 0.428. The zero-order valence-electron chi connectivity index (χ0n) is 18.1. The largest absolute Gasteiger partial charge is 0.417 e. The van der Waals surface area contributed by atoms with Gasteiger partial charge in [0.2, 0.25) is 11.8 Å². The summed E-state index contributed by atoms with van der Waals surface area (Å²) in [6.07, 6.45) is 1.79. The molecule has 4 fully saturated rings. The van der Waals surface area contributed by atoms with Crippen molar-refractivity contribution in [2.75, 3.05) is 18.1 Å². The van der Waals surface area contributed by atoms with Crippen LogP contribution in [0.4, 0.5) is 18.9 Å². The lowest BCUT2D eigenvalue weighted by Gasteiger charge is -2.43. The van der Waals surface area contributed by atoms with E-state index in [0.717, 1.165) is 17.7 Å². The average molecular weight is 471 g/mol. The number of nitrogens with zero attached hydrogens (tertiary/aromatic N) is 2. The van der Waals surface area contributed by atoms with Crippen molar-refractivity contribution in [3.05, 3.63) is 41.0 Å². The SMILES string of the molecule is C#CCNC(=O)C=C1C[C@@]2(C)O[C@@]13CCO[C@H]1[C@@H]3[C@@H]2C(=O)N1c1ccc(C#N)c(C(F)(F)F)c1. The van der Waals surface area contributed by atoms with Crippen LogP contribution in [0.1, 0.15) is 30.9 Å². The third-order valence-electron chi connectivity index (χ3n) is 7.26. The summed E-state index contributed by atoms with van der Waals surface area (Å²) in [6, 6.07) is 4.75. The molecule has 2 amide bonds. The maximum Gasteiger partial charge on any atom is 0.417 e. The fourth-order valence-electron chi connectivity index (χ4n) is 6.09. The Balaban J connectivity index is 1.57. The van der Waals surface area contributed by atoms with Crippen molar-refractivity contribution in [1.29, 1.82) is 5.26 Å². The zero-order valence-corrected chi connectivity index (χ0v) is 18.1. The van der Waals surface area contributed by atoms with Gasteiger partial charge in [0.25, 0.3) is 0 Å². The summed E-state index contributed by atoms with van der Waals surface area (Å²) < 4.78 is 53.1. The Labute approximate surface area is 193 Å². The number of fused-ring (bicyclic) bond motifs is 2. The first-order valence-electron chi connectivity index (χ1n) is 10.7. The molecule has 0 radical (unpaired) electrons. The number of hydrogen-bond donors (Lipinski definition) is 1. The van der Waals surface area contributed by atoms with Crippen LogP contribution in [0.5, 0.6) is 0 Å². The average Bonchev–Trinajstić information content (AvgIpc) is 3.34. The number of nitrogens with one attached hydrogen (secondary N) is 1. The lowest BCUT2D eigenvalue weighted by Crippen LogP contribution is -2.52. The number of ether oxygens (including phenoxy) is 2. The summed E-state index contributed by atoms with van der Waals surface area (Å²) in [7, 11) is 0. The minimum Gasteiger partial charge on any atom is -0.363 e. The molecule has 0 aliphatic carbocycles. The molecule has 10 heteroatoms. The van der Waals surface area contributed by atoms with Gasteiger partial charge in [-0.05, 0) is 30.7 Å². The second-order valence-electron chi connectivity index (χ2n) is 9.13. The normalized spacial score (nSPS) is 34.6. The van der Waals surface area contributed by atoms with E-state index in [1.807, 2.05) is 0 Å². The molecule has 34 heavy (non-hydrogen) atoms. The highest BCUT2D eigenvalue weighted by Crippen LogP contribution is 2.67. The summed E-state index contributed by atoms with van der Waals surface area (Å²) in [4.78, 5) is 27.2. The van der Waals surface area contributed by atoms with Gasteiger partial charge >= 0.3 is 6.18 Å². The van der Waals surface area contributed by atoms with Crippen LogP contribution in [-0.2, 0) is 25.2 Å². The Morgan fingerprint density at radius 1 is 1.44 bits per heavy atom. The predicted octanol–water partition coefficient (Wildman–Crippen LogP) is 2.51. The Morgan fingerprint density at radius 2 is 2.21 bits per heavy atom. The molecule has 0 aromatic heterocycles. The highest BCUT2D eigenvalue weighted by Gasteiger charge is 2.76. The van der Waals surface area contributed by atoms with Gasteiger partial charge in [-0.1, -0.05) is 5.92 Å². The molecule has 5 atom stereocenters. The third-order valence-corrected chi connectivity index (χ3v) is 7.26. The minimum absolute atomic E-state index is 0.00747. The van der Waals surface area contributed by atoms with Crippen molar-refractivity contribution in [2.24, 2.45) is 11.8 Å². The molecule has 1 N–H and O–H groups in total. The van der Waals surface area contributed by atoms with E-state index in [1.165, 1.54) is 17.0 Å². The summed E-state index contributed by atoms with van der Waals surface area (Å²) >= 11 is 0. The van der Waals surface area contributed by atoms with Crippen LogP contribution in [0.15, 0.2) is 29.8 Å². The second kappa shape index (κ2) is 7.33. The van der Waals surface area contributed by atoms with Gasteiger partial charge < -0.3 is 14.8 Å². The van der Waals surface area contributed by atoms with Crippen molar-refractivity contribution < 1.29 is 32.2 Å². The maximum absolute atomic E-state index is 13.6. The number of nitriles is 1. The number of terminal acetylenes is 1. The molecule has 1 aromatic rings.